The molecular formula is C16H22N2O4. The summed E-state index contributed by atoms with van der Waals surface area (Å²) in [4.78, 5) is 35.0. The number of rotatable bonds is 8. The van der Waals surface area contributed by atoms with Crippen LogP contribution in [-0.4, -0.2) is 23.9 Å². The van der Waals surface area contributed by atoms with Gasteiger partial charge in [-0.05, 0) is 25.3 Å². The summed E-state index contributed by atoms with van der Waals surface area (Å²) in [6, 6.07) is 8.94. The molecule has 22 heavy (non-hydrogen) atoms. The molecule has 0 heterocycles. The molecular weight excluding hydrogens is 284 g/mol. The van der Waals surface area contributed by atoms with Gasteiger partial charge in [0.2, 0.25) is 0 Å². The molecule has 0 aliphatic heterocycles. The molecule has 0 saturated carbocycles. The van der Waals surface area contributed by atoms with Crippen LogP contribution in [0.4, 0.5) is 4.79 Å². The Bertz CT molecular complexity index is 516. The van der Waals surface area contributed by atoms with E-state index in [1.165, 1.54) is 0 Å². The van der Waals surface area contributed by atoms with Crippen LogP contribution in [0.1, 0.15) is 44.7 Å². The quantitative estimate of drug-likeness (QED) is 0.718. The van der Waals surface area contributed by atoms with Crippen molar-refractivity contribution in [3.63, 3.8) is 0 Å². The maximum Gasteiger partial charge on any atom is 0.405 e. The fourth-order valence-corrected chi connectivity index (χ4v) is 2.01. The summed E-state index contributed by atoms with van der Waals surface area (Å²) in [6.45, 7) is 3.71. The van der Waals surface area contributed by atoms with Crippen molar-refractivity contribution in [2.45, 2.75) is 45.3 Å². The molecule has 0 aliphatic carbocycles. The van der Waals surface area contributed by atoms with Gasteiger partial charge in [0, 0.05) is 0 Å². The van der Waals surface area contributed by atoms with E-state index in [9.17, 15) is 14.4 Å². The fourth-order valence-electron chi connectivity index (χ4n) is 2.01. The van der Waals surface area contributed by atoms with Crippen molar-refractivity contribution in [2.24, 2.45) is 5.73 Å². The summed E-state index contributed by atoms with van der Waals surface area (Å²) >= 11 is 0. The lowest BCUT2D eigenvalue weighted by atomic mass is 10.1. The molecule has 1 aromatic rings. The molecule has 1 rings (SSSR count). The first-order valence-electron chi connectivity index (χ1n) is 7.31. The van der Waals surface area contributed by atoms with E-state index in [1.54, 1.807) is 6.92 Å². The van der Waals surface area contributed by atoms with Gasteiger partial charge in [0.05, 0.1) is 6.04 Å². The van der Waals surface area contributed by atoms with Crippen LogP contribution in [0.2, 0.25) is 0 Å². The van der Waals surface area contributed by atoms with Crippen molar-refractivity contribution in [3.8, 4) is 0 Å². The smallest absolute Gasteiger partial charge is 0.405 e. The lowest BCUT2D eigenvalue weighted by Gasteiger charge is -2.17. The van der Waals surface area contributed by atoms with E-state index >= 15 is 0 Å². The van der Waals surface area contributed by atoms with E-state index < -0.39 is 23.9 Å². The number of hydrogen-bond acceptors (Lipinski definition) is 4. The van der Waals surface area contributed by atoms with Gasteiger partial charge in [-0.25, -0.2) is 4.79 Å². The molecule has 0 saturated heterocycles. The monoisotopic (exact) mass is 306 g/mol. The molecule has 0 fully saturated rings. The number of carbonyl (C=O) groups excluding carboxylic acids is 3. The molecule has 0 aromatic heterocycles. The molecule has 2 atom stereocenters. The van der Waals surface area contributed by atoms with Gasteiger partial charge in [0.1, 0.15) is 0 Å². The van der Waals surface area contributed by atoms with Crippen molar-refractivity contribution < 1.29 is 19.1 Å². The van der Waals surface area contributed by atoms with Gasteiger partial charge in [0.25, 0.3) is 11.7 Å². The zero-order valence-corrected chi connectivity index (χ0v) is 12.9. The van der Waals surface area contributed by atoms with E-state index in [-0.39, 0.29) is 12.5 Å². The summed E-state index contributed by atoms with van der Waals surface area (Å²) in [5.74, 6) is -1.56. The van der Waals surface area contributed by atoms with Crippen LogP contribution in [-0.2, 0) is 14.3 Å². The SMILES string of the molecule is CCCCC(OC(N)=O)C(=O)C(=O)N[C@H](C)c1ccccc1. The molecule has 1 unspecified atom stereocenters. The normalized spacial score (nSPS) is 13.0. The van der Waals surface area contributed by atoms with Crippen LogP contribution < -0.4 is 11.1 Å². The third-order valence-electron chi connectivity index (χ3n) is 3.24. The van der Waals surface area contributed by atoms with Crippen LogP contribution in [0.15, 0.2) is 30.3 Å². The summed E-state index contributed by atoms with van der Waals surface area (Å²) in [5, 5.41) is 2.61. The van der Waals surface area contributed by atoms with E-state index in [2.05, 4.69) is 5.32 Å². The average molecular weight is 306 g/mol. The number of carbonyl (C=O) groups is 3. The highest BCUT2D eigenvalue weighted by Crippen LogP contribution is 2.12. The number of nitrogens with two attached hydrogens (primary N) is 1. The standard InChI is InChI=1S/C16H22N2O4/c1-3-4-10-13(22-16(17)21)14(19)15(20)18-11(2)12-8-6-5-7-9-12/h5-9,11,13H,3-4,10H2,1-2H3,(H2,17,21)(H,18,20)/t11-,13?/m1/s1. The van der Waals surface area contributed by atoms with Gasteiger partial charge in [0.15, 0.2) is 6.10 Å². The van der Waals surface area contributed by atoms with Gasteiger partial charge in [-0.1, -0.05) is 43.7 Å². The zero-order valence-electron chi connectivity index (χ0n) is 12.9. The van der Waals surface area contributed by atoms with Crippen LogP contribution in [0.25, 0.3) is 0 Å². The maximum atomic E-state index is 12.1. The molecule has 0 aliphatic rings. The molecule has 3 N–H and O–H groups in total. The van der Waals surface area contributed by atoms with Crippen molar-refractivity contribution in [1.29, 1.82) is 0 Å². The van der Waals surface area contributed by atoms with Crippen LogP contribution >= 0.6 is 0 Å². The zero-order chi connectivity index (χ0) is 16.5. The summed E-state index contributed by atoms with van der Waals surface area (Å²) in [6.07, 6.45) is -0.427. The molecule has 6 heteroatoms. The molecule has 120 valence electrons. The van der Waals surface area contributed by atoms with Crippen molar-refractivity contribution in [2.75, 3.05) is 0 Å². The summed E-state index contributed by atoms with van der Waals surface area (Å²) in [7, 11) is 0. The van der Waals surface area contributed by atoms with Crippen molar-refractivity contribution in [1.82, 2.24) is 5.32 Å². The summed E-state index contributed by atoms with van der Waals surface area (Å²) < 4.78 is 4.75. The largest absolute Gasteiger partial charge is 0.438 e. The number of benzene rings is 1. The molecule has 0 bridgehead atoms. The number of nitrogens with one attached hydrogen (secondary N) is 1. The second-order valence-electron chi connectivity index (χ2n) is 5.04. The second kappa shape index (κ2) is 8.81. The fraction of sp³-hybridized carbons (Fsp3) is 0.438. The van der Waals surface area contributed by atoms with Crippen LogP contribution in [0.5, 0.6) is 0 Å². The van der Waals surface area contributed by atoms with E-state index in [1.807, 2.05) is 37.3 Å². The first-order chi connectivity index (χ1) is 10.5. The molecule has 1 aromatic carbocycles. The third-order valence-corrected chi connectivity index (χ3v) is 3.24. The minimum atomic E-state index is -1.12. The number of ketones is 1. The Kier molecular flexibility index (Phi) is 7.08. The number of primary amides is 1. The Morgan fingerprint density at radius 3 is 2.41 bits per heavy atom. The minimum Gasteiger partial charge on any atom is -0.438 e. The van der Waals surface area contributed by atoms with Crippen molar-refractivity contribution in [3.05, 3.63) is 35.9 Å². The molecule has 0 radical (unpaired) electrons. The number of Topliss-reactive ketones (excluding diaryl/α,β-unsaturated/α-hetero) is 1. The predicted octanol–water partition coefficient (Wildman–Crippen LogP) is 2.09. The Balaban J connectivity index is 2.68. The van der Waals surface area contributed by atoms with Gasteiger partial charge < -0.3 is 15.8 Å². The van der Waals surface area contributed by atoms with Crippen molar-refractivity contribution >= 4 is 17.8 Å². The number of amides is 2. The summed E-state index contributed by atoms with van der Waals surface area (Å²) in [5.41, 5.74) is 5.83. The highest BCUT2D eigenvalue weighted by atomic mass is 16.6. The van der Waals surface area contributed by atoms with Crippen LogP contribution in [0, 0.1) is 0 Å². The Hall–Kier alpha value is -2.37. The van der Waals surface area contributed by atoms with E-state index in [4.69, 9.17) is 10.5 Å². The number of unbranched alkanes of at least 4 members (excludes halogenated alkanes) is 1. The predicted molar refractivity (Wildman–Crippen MR) is 82.0 cm³/mol. The van der Waals surface area contributed by atoms with Crippen LogP contribution in [0.3, 0.4) is 0 Å². The first-order valence-corrected chi connectivity index (χ1v) is 7.31. The third kappa shape index (κ3) is 5.55. The van der Waals surface area contributed by atoms with E-state index in [0.717, 1.165) is 12.0 Å². The maximum absolute atomic E-state index is 12.1. The Morgan fingerprint density at radius 1 is 1.23 bits per heavy atom. The van der Waals surface area contributed by atoms with Gasteiger partial charge >= 0.3 is 6.09 Å². The molecule has 0 spiro atoms. The van der Waals surface area contributed by atoms with E-state index in [0.29, 0.717) is 6.42 Å². The van der Waals surface area contributed by atoms with Gasteiger partial charge in [-0.2, -0.15) is 0 Å². The Morgan fingerprint density at radius 2 is 1.86 bits per heavy atom. The first kappa shape index (κ1) is 17.7. The Labute approximate surface area is 130 Å². The molecule has 2 amide bonds. The van der Waals surface area contributed by atoms with Gasteiger partial charge in [-0.15, -0.1) is 0 Å². The molecule has 6 nitrogen and oxygen atoms in total. The highest BCUT2D eigenvalue weighted by molar-refractivity contribution is 6.38. The minimum absolute atomic E-state index is 0.283. The number of hydrogen-bond donors (Lipinski definition) is 2. The lowest BCUT2D eigenvalue weighted by molar-refractivity contribution is -0.143. The average Bonchev–Trinajstić information content (AvgIpc) is 2.51. The second-order valence-corrected chi connectivity index (χ2v) is 5.04. The van der Waals surface area contributed by atoms with Gasteiger partial charge in [-0.3, -0.25) is 9.59 Å². The number of ether oxygens (including phenoxy) is 1. The lowest BCUT2D eigenvalue weighted by Crippen LogP contribution is -2.42. The topological polar surface area (TPSA) is 98.5 Å². The highest BCUT2D eigenvalue weighted by Gasteiger charge is 2.28.